The molecule has 0 aromatic heterocycles. The standard InChI is InChI=1S/C21H29FN2O/c22-19-9-7-8-18(16-19)10-11-20(25)23-17-21(12-3-1-4-13-21)24-14-5-2-6-15-24/h7-11,16H,1-6,12-15,17H2,(H,23,25)/b11-10+. The first-order chi connectivity index (χ1) is 12.2. The van der Waals surface area contributed by atoms with E-state index in [9.17, 15) is 9.18 Å². The Balaban J connectivity index is 1.59. The molecule has 0 atom stereocenters. The molecule has 136 valence electrons. The third-order valence-electron chi connectivity index (χ3n) is 5.68. The zero-order valence-electron chi connectivity index (χ0n) is 15.0. The molecule has 1 saturated carbocycles. The van der Waals surface area contributed by atoms with Crippen LogP contribution in [0.2, 0.25) is 0 Å². The maximum Gasteiger partial charge on any atom is 0.244 e. The molecule has 2 fully saturated rings. The summed E-state index contributed by atoms with van der Waals surface area (Å²) < 4.78 is 13.2. The largest absolute Gasteiger partial charge is 0.351 e. The average molecular weight is 344 g/mol. The molecule has 1 heterocycles. The van der Waals surface area contributed by atoms with Crippen molar-refractivity contribution in [2.24, 2.45) is 0 Å². The van der Waals surface area contributed by atoms with Crippen molar-refractivity contribution in [1.29, 1.82) is 0 Å². The van der Waals surface area contributed by atoms with Crippen molar-refractivity contribution in [2.45, 2.75) is 56.9 Å². The Morgan fingerprint density at radius 2 is 1.84 bits per heavy atom. The van der Waals surface area contributed by atoms with Crippen LogP contribution in [-0.2, 0) is 4.79 Å². The van der Waals surface area contributed by atoms with Crippen LogP contribution in [-0.4, -0.2) is 36.0 Å². The molecule has 1 amide bonds. The van der Waals surface area contributed by atoms with Gasteiger partial charge in [0.2, 0.25) is 5.91 Å². The molecule has 4 heteroatoms. The van der Waals surface area contributed by atoms with Gasteiger partial charge in [-0.15, -0.1) is 0 Å². The summed E-state index contributed by atoms with van der Waals surface area (Å²) >= 11 is 0. The van der Waals surface area contributed by atoms with Crippen molar-refractivity contribution < 1.29 is 9.18 Å². The van der Waals surface area contributed by atoms with E-state index in [0.717, 1.165) is 19.6 Å². The molecule has 1 aromatic rings. The van der Waals surface area contributed by atoms with Gasteiger partial charge in [-0.1, -0.05) is 37.8 Å². The summed E-state index contributed by atoms with van der Waals surface area (Å²) in [7, 11) is 0. The van der Waals surface area contributed by atoms with E-state index in [1.165, 1.54) is 69.6 Å². The smallest absolute Gasteiger partial charge is 0.244 e. The van der Waals surface area contributed by atoms with Gasteiger partial charge in [0.05, 0.1) is 0 Å². The van der Waals surface area contributed by atoms with Gasteiger partial charge in [0, 0.05) is 18.2 Å². The van der Waals surface area contributed by atoms with Crippen molar-refractivity contribution in [3.05, 3.63) is 41.7 Å². The van der Waals surface area contributed by atoms with E-state index < -0.39 is 0 Å². The Labute approximate surface area is 150 Å². The van der Waals surface area contributed by atoms with Crippen LogP contribution in [0.4, 0.5) is 4.39 Å². The van der Waals surface area contributed by atoms with Gasteiger partial charge in [0.1, 0.15) is 5.82 Å². The molecule has 0 bridgehead atoms. The minimum atomic E-state index is -0.284. The van der Waals surface area contributed by atoms with Gasteiger partial charge < -0.3 is 5.32 Å². The molecule has 25 heavy (non-hydrogen) atoms. The fraction of sp³-hybridized carbons (Fsp3) is 0.571. The predicted molar refractivity (Wildman–Crippen MR) is 99.7 cm³/mol. The monoisotopic (exact) mass is 344 g/mol. The van der Waals surface area contributed by atoms with E-state index in [-0.39, 0.29) is 17.3 Å². The van der Waals surface area contributed by atoms with Gasteiger partial charge in [-0.3, -0.25) is 9.69 Å². The van der Waals surface area contributed by atoms with E-state index in [2.05, 4.69) is 10.2 Å². The Bertz CT molecular complexity index is 602. The quantitative estimate of drug-likeness (QED) is 0.814. The molecule has 1 aliphatic carbocycles. The van der Waals surface area contributed by atoms with Crippen molar-refractivity contribution in [2.75, 3.05) is 19.6 Å². The van der Waals surface area contributed by atoms with E-state index in [0.29, 0.717) is 5.56 Å². The number of amides is 1. The highest BCUT2D eigenvalue weighted by molar-refractivity contribution is 5.91. The van der Waals surface area contributed by atoms with Crippen LogP contribution < -0.4 is 5.32 Å². The molecule has 0 radical (unpaired) electrons. The van der Waals surface area contributed by atoms with Crippen LogP contribution >= 0.6 is 0 Å². The van der Waals surface area contributed by atoms with Crippen LogP contribution in [0.5, 0.6) is 0 Å². The Morgan fingerprint density at radius 1 is 1.12 bits per heavy atom. The molecule has 0 spiro atoms. The normalized spacial score (nSPS) is 21.3. The second kappa shape index (κ2) is 8.61. The van der Waals surface area contributed by atoms with E-state index in [4.69, 9.17) is 0 Å². The summed E-state index contributed by atoms with van der Waals surface area (Å²) in [6.45, 7) is 3.04. The average Bonchev–Trinajstić information content (AvgIpc) is 2.66. The summed E-state index contributed by atoms with van der Waals surface area (Å²) in [6, 6.07) is 6.28. The number of halogens is 1. The van der Waals surface area contributed by atoms with Gasteiger partial charge in [-0.2, -0.15) is 0 Å². The van der Waals surface area contributed by atoms with E-state index in [1.807, 2.05) is 0 Å². The highest BCUT2D eigenvalue weighted by Crippen LogP contribution is 2.35. The number of piperidine rings is 1. The Hall–Kier alpha value is -1.68. The number of carbonyl (C=O) groups is 1. The summed E-state index contributed by atoms with van der Waals surface area (Å²) in [5.74, 6) is -0.375. The van der Waals surface area contributed by atoms with Crippen molar-refractivity contribution >= 4 is 12.0 Å². The van der Waals surface area contributed by atoms with Gasteiger partial charge in [-0.05, 0) is 62.5 Å². The predicted octanol–water partition coefficient (Wildman–Crippen LogP) is 4.14. The molecule has 1 aromatic carbocycles. The number of hydrogen-bond donors (Lipinski definition) is 1. The number of rotatable bonds is 5. The molecule has 3 nitrogen and oxygen atoms in total. The lowest BCUT2D eigenvalue weighted by atomic mass is 9.79. The first-order valence-electron chi connectivity index (χ1n) is 9.65. The fourth-order valence-corrected chi connectivity index (χ4v) is 4.28. The van der Waals surface area contributed by atoms with E-state index >= 15 is 0 Å². The van der Waals surface area contributed by atoms with Crippen LogP contribution in [0.15, 0.2) is 30.3 Å². The molecular weight excluding hydrogens is 315 g/mol. The van der Waals surface area contributed by atoms with E-state index in [1.54, 1.807) is 18.2 Å². The van der Waals surface area contributed by atoms with Gasteiger partial charge in [-0.25, -0.2) is 4.39 Å². The summed E-state index contributed by atoms with van der Waals surface area (Å²) in [4.78, 5) is 14.9. The molecule has 1 N–H and O–H groups in total. The molecule has 0 unspecified atom stereocenters. The summed E-state index contributed by atoms with van der Waals surface area (Å²) in [6.07, 6.45) is 13.2. The van der Waals surface area contributed by atoms with Crippen molar-refractivity contribution in [3.63, 3.8) is 0 Å². The van der Waals surface area contributed by atoms with Crippen molar-refractivity contribution in [1.82, 2.24) is 10.2 Å². The highest BCUT2D eigenvalue weighted by atomic mass is 19.1. The summed E-state index contributed by atoms with van der Waals surface area (Å²) in [5, 5.41) is 3.11. The number of likely N-dealkylation sites (tertiary alicyclic amines) is 1. The van der Waals surface area contributed by atoms with Crippen LogP contribution in [0.25, 0.3) is 6.08 Å². The number of nitrogens with zero attached hydrogens (tertiary/aromatic N) is 1. The molecule has 2 aliphatic rings. The maximum absolute atomic E-state index is 13.2. The Kier molecular flexibility index (Phi) is 6.24. The first kappa shape index (κ1) is 18.1. The molecular formula is C21H29FN2O. The second-order valence-electron chi connectivity index (χ2n) is 7.44. The molecule has 1 saturated heterocycles. The molecule has 1 aliphatic heterocycles. The Morgan fingerprint density at radius 3 is 2.56 bits per heavy atom. The zero-order chi connectivity index (χ0) is 17.5. The van der Waals surface area contributed by atoms with Crippen molar-refractivity contribution in [3.8, 4) is 0 Å². The lowest BCUT2D eigenvalue weighted by Crippen LogP contribution is -2.58. The highest BCUT2D eigenvalue weighted by Gasteiger charge is 2.38. The molecule has 3 rings (SSSR count). The van der Waals surface area contributed by atoms with Gasteiger partial charge in [0.25, 0.3) is 0 Å². The van der Waals surface area contributed by atoms with Crippen LogP contribution in [0.1, 0.15) is 56.9 Å². The number of carbonyl (C=O) groups excluding carboxylic acids is 1. The maximum atomic E-state index is 13.2. The lowest BCUT2D eigenvalue weighted by Gasteiger charge is -2.48. The minimum absolute atomic E-state index is 0.0915. The third kappa shape index (κ3) is 4.91. The third-order valence-corrected chi connectivity index (χ3v) is 5.68. The number of benzene rings is 1. The SMILES string of the molecule is O=C(/C=C/c1cccc(F)c1)NCC1(N2CCCCC2)CCCCC1. The topological polar surface area (TPSA) is 32.3 Å². The van der Waals surface area contributed by atoms with Gasteiger partial charge in [0.15, 0.2) is 0 Å². The van der Waals surface area contributed by atoms with Gasteiger partial charge >= 0.3 is 0 Å². The number of nitrogens with one attached hydrogen (secondary N) is 1. The second-order valence-corrected chi connectivity index (χ2v) is 7.44. The summed E-state index contributed by atoms with van der Waals surface area (Å²) in [5.41, 5.74) is 0.847. The van der Waals surface area contributed by atoms with Crippen LogP contribution in [0, 0.1) is 5.82 Å². The van der Waals surface area contributed by atoms with Crippen LogP contribution in [0.3, 0.4) is 0 Å². The zero-order valence-corrected chi connectivity index (χ0v) is 15.0. The minimum Gasteiger partial charge on any atom is -0.351 e. The first-order valence-corrected chi connectivity index (χ1v) is 9.65. The lowest BCUT2D eigenvalue weighted by molar-refractivity contribution is -0.117. The number of hydrogen-bond acceptors (Lipinski definition) is 2. The fourth-order valence-electron chi connectivity index (χ4n) is 4.28.